The average molecular weight is 303 g/mol. The Bertz CT molecular complexity index is 812. The third kappa shape index (κ3) is 2.82. The summed E-state index contributed by atoms with van der Waals surface area (Å²) in [6.07, 6.45) is 1.23. The Morgan fingerprint density at radius 1 is 0.913 bits per heavy atom. The minimum absolute atomic E-state index is 0.596. The highest BCUT2D eigenvalue weighted by Crippen LogP contribution is 2.41. The van der Waals surface area contributed by atoms with Gasteiger partial charge in [-0.05, 0) is 29.0 Å². The van der Waals surface area contributed by atoms with Crippen LogP contribution in [0.25, 0.3) is 10.8 Å². The standard InChI is InChI=1S/C21H21NO/c1-23-21-12-11-16(17-9-5-6-10-18(17)21)14-22-20-13-19(20)15-7-3-2-4-8-15/h2-12,19-20,22H,13-14H2,1H3. The van der Waals surface area contributed by atoms with E-state index in [-0.39, 0.29) is 0 Å². The molecule has 1 fully saturated rings. The molecule has 0 aliphatic heterocycles. The maximum atomic E-state index is 5.47. The molecule has 0 aromatic heterocycles. The summed E-state index contributed by atoms with van der Waals surface area (Å²) in [5.74, 6) is 1.61. The van der Waals surface area contributed by atoms with Gasteiger partial charge in [-0.3, -0.25) is 0 Å². The molecule has 0 amide bonds. The molecule has 2 atom stereocenters. The summed E-state index contributed by atoms with van der Waals surface area (Å²) in [5.41, 5.74) is 2.78. The highest BCUT2D eigenvalue weighted by Gasteiger charge is 2.37. The van der Waals surface area contributed by atoms with Crippen molar-refractivity contribution in [1.29, 1.82) is 0 Å². The number of hydrogen-bond acceptors (Lipinski definition) is 2. The third-order valence-electron chi connectivity index (χ3n) is 4.77. The van der Waals surface area contributed by atoms with Crippen LogP contribution in [-0.2, 0) is 6.54 Å². The quantitative estimate of drug-likeness (QED) is 0.749. The third-order valence-corrected chi connectivity index (χ3v) is 4.77. The highest BCUT2D eigenvalue weighted by molar-refractivity contribution is 5.91. The van der Waals surface area contributed by atoms with Crippen molar-refractivity contribution in [1.82, 2.24) is 5.32 Å². The van der Waals surface area contributed by atoms with Gasteiger partial charge in [0, 0.05) is 23.9 Å². The first kappa shape index (κ1) is 14.3. The largest absolute Gasteiger partial charge is 0.496 e. The molecule has 1 N–H and O–H groups in total. The van der Waals surface area contributed by atoms with Crippen LogP contribution in [0.15, 0.2) is 66.7 Å². The Morgan fingerprint density at radius 3 is 2.43 bits per heavy atom. The molecule has 0 heterocycles. The molecular formula is C21H21NO. The molecule has 1 aliphatic carbocycles. The molecule has 116 valence electrons. The number of fused-ring (bicyclic) bond motifs is 1. The number of nitrogens with one attached hydrogen (secondary N) is 1. The molecule has 0 radical (unpaired) electrons. The van der Waals surface area contributed by atoms with Gasteiger partial charge in [0.2, 0.25) is 0 Å². The van der Waals surface area contributed by atoms with Crippen LogP contribution in [0.4, 0.5) is 0 Å². The van der Waals surface area contributed by atoms with Crippen molar-refractivity contribution >= 4 is 10.8 Å². The molecule has 23 heavy (non-hydrogen) atoms. The monoisotopic (exact) mass is 303 g/mol. The van der Waals surface area contributed by atoms with Gasteiger partial charge in [-0.15, -0.1) is 0 Å². The van der Waals surface area contributed by atoms with Crippen molar-refractivity contribution < 1.29 is 4.74 Å². The number of hydrogen-bond donors (Lipinski definition) is 1. The van der Waals surface area contributed by atoms with Gasteiger partial charge in [0.1, 0.15) is 5.75 Å². The van der Waals surface area contributed by atoms with E-state index in [2.05, 4.69) is 72.0 Å². The topological polar surface area (TPSA) is 21.3 Å². The highest BCUT2D eigenvalue weighted by atomic mass is 16.5. The molecular weight excluding hydrogens is 282 g/mol. The van der Waals surface area contributed by atoms with E-state index in [1.165, 1.54) is 28.3 Å². The van der Waals surface area contributed by atoms with Gasteiger partial charge in [-0.2, -0.15) is 0 Å². The van der Waals surface area contributed by atoms with Crippen LogP contribution in [0.5, 0.6) is 5.75 Å². The summed E-state index contributed by atoms with van der Waals surface area (Å²) in [7, 11) is 1.73. The van der Waals surface area contributed by atoms with E-state index in [9.17, 15) is 0 Å². The lowest BCUT2D eigenvalue weighted by Gasteiger charge is -2.11. The summed E-state index contributed by atoms with van der Waals surface area (Å²) in [5, 5.41) is 6.17. The Balaban J connectivity index is 1.49. The minimum atomic E-state index is 0.596. The van der Waals surface area contributed by atoms with E-state index in [4.69, 9.17) is 4.74 Å². The van der Waals surface area contributed by atoms with Crippen molar-refractivity contribution in [2.24, 2.45) is 0 Å². The van der Waals surface area contributed by atoms with Gasteiger partial charge >= 0.3 is 0 Å². The van der Waals surface area contributed by atoms with E-state index >= 15 is 0 Å². The van der Waals surface area contributed by atoms with Crippen LogP contribution in [0, 0.1) is 0 Å². The lowest BCUT2D eigenvalue weighted by atomic mass is 10.0. The molecule has 0 spiro atoms. The molecule has 2 heteroatoms. The molecule has 0 saturated heterocycles. The van der Waals surface area contributed by atoms with Crippen LogP contribution >= 0.6 is 0 Å². The van der Waals surface area contributed by atoms with Gasteiger partial charge in [0.05, 0.1) is 7.11 Å². The number of rotatable bonds is 5. The fourth-order valence-corrected chi connectivity index (χ4v) is 3.40. The van der Waals surface area contributed by atoms with Crippen LogP contribution in [0.2, 0.25) is 0 Å². The summed E-state index contributed by atoms with van der Waals surface area (Å²) >= 11 is 0. The number of methoxy groups -OCH3 is 1. The summed E-state index contributed by atoms with van der Waals surface area (Å²) in [4.78, 5) is 0. The first-order valence-corrected chi connectivity index (χ1v) is 8.20. The first-order chi connectivity index (χ1) is 11.4. The Hall–Kier alpha value is -2.32. The van der Waals surface area contributed by atoms with E-state index < -0.39 is 0 Å². The second-order valence-electron chi connectivity index (χ2n) is 6.21. The Morgan fingerprint density at radius 2 is 1.65 bits per heavy atom. The Kier molecular flexibility index (Phi) is 3.76. The summed E-state index contributed by atoms with van der Waals surface area (Å²) in [6, 6.07) is 24.1. The predicted molar refractivity (Wildman–Crippen MR) is 94.9 cm³/mol. The normalized spacial score (nSPS) is 19.7. The molecule has 3 aromatic rings. The van der Waals surface area contributed by atoms with Gasteiger partial charge in [-0.25, -0.2) is 0 Å². The number of ether oxygens (including phenoxy) is 1. The molecule has 4 rings (SSSR count). The fourth-order valence-electron chi connectivity index (χ4n) is 3.40. The van der Waals surface area contributed by atoms with Gasteiger partial charge in [0.15, 0.2) is 0 Å². The lowest BCUT2D eigenvalue weighted by molar-refractivity contribution is 0.419. The van der Waals surface area contributed by atoms with Crippen LogP contribution in [0.3, 0.4) is 0 Å². The minimum Gasteiger partial charge on any atom is -0.496 e. The zero-order chi connectivity index (χ0) is 15.6. The average Bonchev–Trinajstić information content (AvgIpc) is 3.40. The number of benzene rings is 3. The van der Waals surface area contributed by atoms with Crippen LogP contribution in [0.1, 0.15) is 23.5 Å². The summed E-state index contributed by atoms with van der Waals surface area (Å²) in [6.45, 7) is 0.901. The first-order valence-electron chi connectivity index (χ1n) is 8.20. The van der Waals surface area contributed by atoms with Gasteiger partial charge in [-0.1, -0.05) is 60.7 Å². The van der Waals surface area contributed by atoms with Gasteiger partial charge < -0.3 is 10.1 Å². The van der Waals surface area contributed by atoms with Crippen molar-refractivity contribution in [3.8, 4) is 5.75 Å². The second-order valence-corrected chi connectivity index (χ2v) is 6.21. The summed E-state index contributed by atoms with van der Waals surface area (Å²) < 4.78 is 5.47. The van der Waals surface area contributed by atoms with Crippen LogP contribution < -0.4 is 10.1 Å². The van der Waals surface area contributed by atoms with Gasteiger partial charge in [0.25, 0.3) is 0 Å². The van der Waals surface area contributed by atoms with E-state index in [1.807, 2.05) is 0 Å². The van der Waals surface area contributed by atoms with Crippen molar-refractivity contribution in [3.05, 3.63) is 77.9 Å². The maximum Gasteiger partial charge on any atom is 0.126 e. The molecule has 1 aliphatic rings. The van der Waals surface area contributed by atoms with E-state index in [0.29, 0.717) is 12.0 Å². The smallest absolute Gasteiger partial charge is 0.126 e. The second kappa shape index (κ2) is 6.05. The lowest BCUT2D eigenvalue weighted by Crippen LogP contribution is -2.17. The molecule has 0 bridgehead atoms. The van der Waals surface area contributed by atoms with Crippen molar-refractivity contribution in [2.45, 2.75) is 24.9 Å². The van der Waals surface area contributed by atoms with Crippen molar-refractivity contribution in [3.63, 3.8) is 0 Å². The van der Waals surface area contributed by atoms with E-state index in [1.54, 1.807) is 7.11 Å². The molecule has 2 unspecified atom stereocenters. The fraction of sp³-hybridized carbons (Fsp3) is 0.238. The van der Waals surface area contributed by atoms with Crippen molar-refractivity contribution in [2.75, 3.05) is 7.11 Å². The zero-order valence-electron chi connectivity index (χ0n) is 13.3. The predicted octanol–water partition coefficient (Wildman–Crippen LogP) is 4.49. The maximum absolute atomic E-state index is 5.47. The zero-order valence-corrected chi connectivity index (χ0v) is 13.3. The SMILES string of the molecule is COc1ccc(CNC2CC2c2ccccc2)c2ccccc12. The van der Waals surface area contributed by atoms with Crippen LogP contribution in [-0.4, -0.2) is 13.2 Å². The molecule has 2 nitrogen and oxygen atoms in total. The molecule has 1 saturated carbocycles. The Labute approximate surface area is 137 Å². The van der Waals surface area contributed by atoms with E-state index in [0.717, 1.165) is 12.3 Å². The molecule has 3 aromatic carbocycles.